The van der Waals surface area contributed by atoms with Gasteiger partial charge in [0.05, 0.1) is 0 Å². The monoisotopic (exact) mass is 143 g/mol. The number of hydrogen-bond donors (Lipinski definition) is 0. The average Bonchev–Trinajstić information content (AvgIpc) is 1.85. The molecule has 10 heavy (non-hydrogen) atoms. The quantitative estimate of drug-likeness (QED) is 0.550. The molecule has 0 rings (SSSR count). The lowest BCUT2D eigenvalue weighted by atomic mass is 10.1. The number of hydrogen-bond acceptors (Lipinski definition) is 3. The van der Waals surface area contributed by atoms with E-state index < -0.39 is 0 Å². The highest BCUT2D eigenvalue weighted by atomic mass is 16.3. The molecule has 3 nitrogen and oxygen atoms in total. The summed E-state index contributed by atoms with van der Waals surface area (Å²) in [6.07, 6.45) is 1.34. The van der Waals surface area contributed by atoms with Crippen LogP contribution in [0.1, 0.15) is 26.7 Å². The molecule has 0 aliphatic heterocycles. The van der Waals surface area contributed by atoms with Gasteiger partial charge < -0.3 is 0 Å². The second-order valence-electron chi connectivity index (χ2n) is 2.76. The number of ketones is 1. The van der Waals surface area contributed by atoms with Crippen LogP contribution in [0.15, 0.2) is 5.18 Å². The van der Waals surface area contributed by atoms with Gasteiger partial charge in [-0.3, -0.25) is 4.79 Å². The summed E-state index contributed by atoms with van der Waals surface area (Å²) in [7, 11) is 0. The molecule has 0 aromatic rings. The molecule has 58 valence electrons. The molecule has 0 saturated heterocycles. The van der Waals surface area contributed by atoms with Crippen molar-refractivity contribution in [3.63, 3.8) is 0 Å². The standard InChI is InChI=1S/C7H13NO2/c1-6(2)3-4-7(9)5-8-10/h6H,3-5H2,1-2H3. The zero-order valence-corrected chi connectivity index (χ0v) is 6.46. The highest BCUT2D eigenvalue weighted by Crippen LogP contribution is 2.03. The molecule has 0 spiro atoms. The van der Waals surface area contributed by atoms with Crippen LogP contribution in [0.25, 0.3) is 0 Å². The number of nitrogens with zero attached hydrogens (tertiary/aromatic N) is 1. The fourth-order valence-corrected chi connectivity index (χ4v) is 0.601. The van der Waals surface area contributed by atoms with Gasteiger partial charge in [-0.15, -0.1) is 0 Å². The van der Waals surface area contributed by atoms with E-state index in [-0.39, 0.29) is 12.3 Å². The van der Waals surface area contributed by atoms with Crippen molar-refractivity contribution in [3.05, 3.63) is 4.91 Å². The molecule has 0 aliphatic carbocycles. The second-order valence-corrected chi connectivity index (χ2v) is 2.76. The Morgan fingerprint density at radius 3 is 2.50 bits per heavy atom. The Kier molecular flexibility index (Phi) is 4.72. The summed E-state index contributed by atoms with van der Waals surface area (Å²) in [5.74, 6) is 0.472. The normalized spacial score (nSPS) is 9.90. The van der Waals surface area contributed by atoms with E-state index in [1.807, 2.05) is 13.8 Å². The van der Waals surface area contributed by atoms with Crippen molar-refractivity contribution in [2.75, 3.05) is 6.54 Å². The fourth-order valence-electron chi connectivity index (χ4n) is 0.601. The molecule has 0 aromatic carbocycles. The SMILES string of the molecule is CC(C)CCC(=O)CN=O. The van der Waals surface area contributed by atoms with Crippen molar-refractivity contribution < 1.29 is 4.79 Å². The van der Waals surface area contributed by atoms with Gasteiger partial charge in [0.25, 0.3) is 0 Å². The van der Waals surface area contributed by atoms with E-state index in [1.165, 1.54) is 0 Å². The maximum Gasteiger partial charge on any atom is 0.157 e. The molecule has 0 heterocycles. The zero-order valence-electron chi connectivity index (χ0n) is 6.46. The molecular formula is C7H13NO2. The third-order valence-electron chi connectivity index (χ3n) is 1.24. The van der Waals surface area contributed by atoms with Gasteiger partial charge in [0.2, 0.25) is 0 Å². The molecule has 3 heteroatoms. The van der Waals surface area contributed by atoms with Crippen LogP contribution < -0.4 is 0 Å². The first kappa shape index (κ1) is 9.27. The highest BCUT2D eigenvalue weighted by Gasteiger charge is 2.02. The van der Waals surface area contributed by atoms with Crippen LogP contribution in [-0.4, -0.2) is 12.3 Å². The van der Waals surface area contributed by atoms with Crippen molar-refractivity contribution in [2.45, 2.75) is 26.7 Å². The third kappa shape index (κ3) is 5.41. The van der Waals surface area contributed by atoms with Crippen LogP contribution in [0.4, 0.5) is 0 Å². The number of nitroso groups, excluding NO2 is 1. The first-order valence-corrected chi connectivity index (χ1v) is 3.47. The summed E-state index contributed by atoms with van der Waals surface area (Å²) in [4.78, 5) is 20.2. The molecule has 0 aliphatic rings. The largest absolute Gasteiger partial charge is 0.297 e. The van der Waals surface area contributed by atoms with E-state index in [0.29, 0.717) is 12.3 Å². The van der Waals surface area contributed by atoms with Crippen molar-refractivity contribution in [1.82, 2.24) is 0 Å². The minimum Gasteiger partial charge on any atom is -0.297 e. The van der Waals surface area contributed by atoms with Crippen LogP contribution >= 0.6 is 0 Å². The van der Waals surface area contributed by atoms with Crippen molar-refractivity contribution in [3.8, 4) is 0 Å². The molecular weight excluding hydrogens is 130 g/mol. The van der Waals surface area contributed by atoms with E-state index in [0.717, 1.165) is 6.42 Å². The first-order valence-electron chi connectivity index (χ1n) is 3.47. The molecule has 0 amide bonds. The first-order chi connectivity index (χ1) is 4.66. The summed E-state index contributed by atoms with van der Waals surface area (Å²) < 4.78 is 0. The molecule has 0 saturated carbocycles. The van der Waals surface area contributed by atoms with Gasteiger partial charge in [-0.1, -0.05) is 19.0 Å². The summed E-state index contributed by atoms with van der Waals surface area (Å²) >= 11 is 0. The lowest BCUT2D eigenvalue weighted by Crippen LogP contribution is -2.03. The van der Waals surface area contributed by atoms with E-state index in [4.69, 9.17) is 0 Å². The van der Waals surface area contributed by atoms with E-state index >= 15 is 0 Å². The van der Waals surface area contributed by atoms with Crippen molar-refractivity contribution >= 4 is 5.78 Å². The lowest BCUT2D eigenvalue weighted by Gasteiger charge is -1.99. The highest BCUT2D eigenvalue weighted by molar-refractivity contribution is 5.80. The summed E-state index contributed by atoms with van der Waals surface area (Å²) in [5, 5.41) is 2.51. The molecule has 0 fully saturated rings. The van der Waals surface area contributed by atoms with Crippen molar-refractivity contribution in [1.29, 1.82) is 0 Å². The van der Waals surface area contributed by atoms with E-state index in [1.54, 1.807) is 0 Å². The van der Waals surface area contributed by atoms with E-state index in [9.17, 15) is 9.70 Å². The Morgan fingerprint density at radius 1 is 1.50 bits per heavy atom. The predicted molar refractivity (Wildman–Crippen MR) is 39.7 cm³/mol. The summed E-state index contributed by atoms with van der Waals surface area (Å²) in [5.41, 5.74) is 0. The Morgan fingerprint density at radius 2 is 2.10 bits per heavy atom. The Bertz CT molecular complexity index is 121. The molecule has 0 radical (unpaired) electrons. The van der Waals surface area contributed by atoms with Gasteiger partial charge >= 0.3 is 0 Å². The Labute approximate surface area is 60.8 Å². The van der Waals surface area contributed by atoms with Gasteiger partial charge in [-0.25, -0.2) is 0 Å². The van der Waals surface area contributed by atoms with Crippen LogP contribution in [0.5, 0.6) is 0 Å². The summed E-state index contributed by atoms with van der Waals surface area (Å²) in [6, 6.07) is 0. The minimum atomic E-state index is -0.160. The maximum absolute atomic E-state index is 10.7. The number of carbonyl (C=O) groups is 1. The number of Topliss-reactive ketones (excluding diaryl/α,β-unsaturated/α-hetero) is 1. The second kappa shape index (κ2) is 5.09. The number of carbonyl (C=O) groups excluding carboxylic acids is 1. The van der Waals surface area contributed by atoms with Crippen LogP contribution in [-0.2, 0) is 4.79 Å². The van der Waals surface area contributed by atoms with Gasteiger partial charge in [-0.2, -0.15) is 4.91 Å². The van der Waals surface area contributed by atoms with Gasteiger partial charge in [0.1, 0.15) is 6.54 Å². The average molecular weight is 143 g/mol. The smallest absolute Gasteiger partial charge is 0.157 e. The zero-order chi connectivity index (χ0) is 7.98. The maximum atomic E-state index is 10.7. The molecule has 0 atom stereocenters. The third-order valence-corrected chi connectivity index (χ3v) is 1.24. The molecule has 0 bridgehead atoms. The van der Waals surface area contributed by atoms with Crippen LogP contribution in [0.2, 0.25) is 0 Å². The van der Waals surface area contributed by atoms with Crippen LogP contribution in [0.3, 0.4) is 0 Å². The Hall–Kier alpha value is -0.730. The van der Waals surface area contributed by atoms with Gasteiger partial charge in [0.15, 0.2) is 5.78 Å². The van der Waals surface area contributed by atoms with Crippen LogP contribution in [0, 0.1) is 10.8 Å². The topological polar surface area (TPSA) is 46.5 Å². The van der Waals surface area contributed by atoms with Gasteiger partial charge in [-0.05, 0) is 12.3 Å². The molecule has 0 N–H and O–H groups in total. The molecule has 0 aromatic heterocycles. The predicted octanol–water partition coefficient (Wildman–Crippen LogP) is 1.76. The Balaban J connectivity index is 3.30. The lowest BCUT2D eigenvalue weighted by molar-refractivity contribution is -0.117. The van der Waals surface area contributed by atoms with Gasteiger partial charge in [0, 0.05) is 6.42 Å². The summed E-state index contributed by atoms with van der Waals surface area (Å²) in [6.45, 7) is 3.93. The molecule has 0 unspecified atom stereocenters. The van der Waals surface area contributed by atoms with Crippen molar-refractivity contribution in [2.24, 2.45) is 11.1 Å². The minimum absolute atomic E-state index is 0.0521. The fraction of sp³-hybridized carbons (Fsp3) is 0.857. The number of rotatable bonds is 5. The van der Waals surface area contributed by atoms with E-state index in [2.05, 4.69) is 5.18 Å².